The van der Waals surface area contributed by atoms with Crippen LogP contribution in [0.15, 0.2) is 29.2 Å². The third-order valence-corrected chi connectivity index (χ3v) is 2.84. The molecule has 0 amide bonds. The van der Waals surface area contributed by atoms with Gasteiger partial charge >= 0.3 is 0 Å². The van der Waals surface area contributed by atoms with Gasteiger partial charge < -0.3 is 14.3 Å². The van der Waals surface area contributed by atoms with Crippen molar-refractivity contribution in [3.8, 4) is 0 Å². The molecule has 0 radical (unpaired) electrons. The standard InChI is InChI=1S/C14H21N3O/c1-11(2)7-16-8-14-6-13(12(3)18-14)9-17-5-4-15-10-17/h4-6,10-11,16H,7-9H2,1-3H3. The lowest BCUT2D eigenvalue weighted by molar-refractivity contribution is 0.446. The summed E-state index contributed by atoms with van der Waals surface area (Å²) in [4.78, 5) is 4.04. The largest absolute Gasteiger partial charge is 0.465 e. The van der Waals surface area contributed by atoms with Crippen LogP contribution in [0.2, 0.25) is 0 Å². The van der Waals surface area contributed by atoms with Gasteiger partial charge in [0, 0.05) is 18.0 Å². The van der Waals surface area contributed by atoms with Crippen molar-refractivity contribution in [3.05, 3.63) is 41.9 Å². The van der Waals surface area contributed by atoms with Crippen LogP contribution in [0.3, 0.4) is 0 Å². The zero-order valence-electron chi connectivity index (χ0n) is 11.3. The SMILES string of the molecule is Cc1oc(CNCC(C)C)cc1Cn1ccnc1. The monoisotopic (exact) mass is 247 g/mol. The van der Waals surface area contributed by atoms with Crippen molar-refractivity contribution in [1.29, 1.82) is 0 Å². The fourth-order valence-electron chi connectivity index (χ4n) is 1.89. The number of rotatable bonds is 6. The first-order valence-electron chi connectivity index (χ1n) is 6.40. The minimum Gasteiger partial charge on any atom is -0.465 e. The Kier molecular flexibility index (Phi) is 4.20. The summed E-state index contributed by atoms with van der Waals surface area (Å²) in [5.74, 6) is 2.65. The van der Waals surface area contributed by atoms with Gasteiger partial charge in [-0.2, -0.15) is 0 Å². The van der Waals surface area contributed by atoms with E-state index in [0.717, 1.165) is 31.2 Å². The highest BCUT2D eigenvalue weighted by Gasteiger charge is 2.07. The molecule has 0 unspecified atom stereocenters. The summed E-state index contributed by atoms with van der Waals surface area (Å²) < 4.78 is 7.79. The van der Waals surface area contributed by atoms with Gasteiger partial charge in [0.15, 0.2) is 0 Å². The highest BCUT2D eigenvalue weighted by atomic mass is 16.3. The molecule has 0 aliphatic carbocycles. The number of aromatic nitrogens is 2. The number of nitrogens with zero attached hydrogens (tertiary/aromatic N) is 2. The first-order chi connectivity index (χ1) is 8.65. The number of aryl methyl sites for hydroxylation is 1. The van der Waals surface area contributed by atoms with Crippen molar-refractivity contribution < 1.29 is 4.42 Å². The molecule has 0 atom stereocenters. The predicted octanol–water partition coefficient (Wildman–Crippen LogP) is 2.58. The second-order valence-electron chi connectivity index (χ2n) is 5.05. The normalized spacial score (nSPS) is 11.3. The van der Waals surface area contributed by atoms with Crippen LogP contribution < -0.4 is 5.32 Å². The lowest BCUT2D eigenvalue weighted by atomic mass is 10.2. The summed E-state index contributed by atoms with van der Waals surface area (Å²) >= 11 is 0. The molecule has 2 aromatic rings. The Morgan fingerprint density at radius 1 is 1.44 bits per heavy atom. The molecule has 0 fully saturated rings. The van der Waals surface area contributed by atoms with Gasteiger partial charge in [0.25, 0.3) is 0 Å². The Bertz CT molecular complexity index is 471. The third-order valence-electron chi connectivity index (χ3n) is 2.84. The maximum absolute atomic E-state index is 5.75. The molecular weight excluding hydrogens is 226 g/mol. The van der Waals surface area contributed by atoms with E-state index in [-0.39, 0.29) is 0 Å². The van der Waals surface area contributed by atoms with Gasteiger partial charge in [0.05, 0.1) is 19.4 Å². The smallest absolute Gasteiger partial charge is 0.118 e. The van der Waals surface area contributed by atoms with Gasteiger partial charge in [-0.25, -0.2) is 4.98 Å². The van der Waals surface area contributed by atoms with Gasteiger partial charge in [-0.15, -0.1) is 0 Å². The zero-order chi connectivity index (χ0) is 13.0. The summed E-state index contributed by atoms with van der Waals surface area (Å²) in [7, 11) is 0. The molecule has 0 aliphatic heterocycles. The van der Waals surface area contributed by atoms with E-state index in [1.807, 2.05) is 24.0 Å². The third kappa shape index (κ3) is 3.47. The molecule has 0 saturated carbocycles. The highest BCUT2D eigenvalue weighted by molar-refractivity contribution is 5.21. The quantitative estimate of drug-likeness (QED) is 0.853. The van der Waals surface area contributed by atoms with E-state index >= 15 is 0 Å². The minimum atomic E-state index is 0.659. The van der Waals surface area contributed by atoms with Crippen LogP contribution >= 0.6 is 0 Å². The van der Waals surface area contributed by atoms with Crippen molar-refractivity contribution >= 4 is 0 Å². The average molecular weight is 247 g/mol. The van der Waals surface area contributed by atoms with E-state index in [1.165, 1.54) is 5.56 Å². The van der Waals surface area contributed by atoms with E-state index in [4.69, 9.17) is 4.42 Å². The topological polar surface area (TPSA) is 43.0 Å². The van der Waals surface area contributed by atoms with Gasteiger partial charge in [0.2, 0.25) is 0 Å². The zero-order valence-corrected chi connectivity index (χ0v) is 11.3. The van der Waals surface area contributed by atoms with Crippen LogP contribution in [0, 0.1) is 12.8 Å². The molecule has 0 spiro atoms. The number of furan rings is 1. The molecule has 2 heterocycles. The summed E-state index contributed by atoms with van der Waals surface area (Å²) in [6.07, 6.45) is 5.58. The van der Waals surface area contributed by atoms with Crippen molar-refractivity contribution in [2.75, 3.05) is 6.54 Å². The first kappa shape index (κ1) is 12.9. The van der Waals surface area contributed by atoms with E-state index in [9.17, 15) is 0 Å². The second-order valence-corrected chi connectivity index (χ2v) is 5.05. The summed E-state index contributed by atoms with van der Waals surface area (Å²) in [6, 6.07) is 2.13. The summed E-state index contributed by atoms with van der Waals surface area (Å²) in [5, 5.41) is 3.39. The number of imidazole rings is 1. The van der Waals surface area contributed by atoms with E-state index < -0.39 is 0 Å². The van der Waals surface area contributed by atoms with Crippen molar-refractivity contribution in [3.63, 3.8) is 0 Å². The van der Waals surface area contributed by atoms with Crippen molar-refractivity contribution in [2.24, 2.45) is 5.92 Å². The Labute approximate surface area is 108 Å². The minimum absolute atomic E-state index is 0.659. The predicted molar refractivity (Wildman–Crippen MR) is 71.3 cm³/mol. The fourth-order valence-corrected chi connectivity index (χ4v) is 1.89. The number of hydrogen-bond donors (Lipinski definition) is 1. The fraction of sp³-hybridized carbons (Fsp3) is 0.500. The van der Waals surface area contributed by atoms with Gasteiger partial charge in [-0.1, -0.05) is 13.8 Å². The van der Waals surface area contributed by atoms with Gasteiger partial charge in [0.1, 0.15) is 11.5 Å². The maximum Gasteiger partial charge on any atom is 0.118 e. The van der Waals surface area contributed by atoms with Crippen LogP contribution in [-0.4, -0.2) is 16.1 Å². The van der Waals surface area contributed by atoms with Crippen LogP contribution in [0.25, 0.3) is 0 Å². The Balaban J connectivity index is 1.94. The summed E-state index contributed by atoms with van der Waals surface area (Å²) in [5.41, 5.74) is 1.22. The average Bonchev–Trinajstić information content (AvgIpc) is 2.90. The first-order valence-corrected chi connectivity index (χ1v) is 6.40. The van der Waals surface area contributed by atoms with Crippen molar-refractivity contribution in [2.45, 2.75) is 33.9 Å². The Morgan fingerprint density at radius 2 is 2.28 bits per heavy atom. The Hall–Kier alpha value is -1.55. The molecule has 2 rings (SSSR count). The second kappa shape index (κ2) is 5.87. The highest BCUT2D eigenvalue weighted by Crippen LogP contribution is 2.15. The molecule has 0 aromatic carbocycles. The molecule has 1 N–H and O–H groups in total. The van der Waals surface area contributed by atoms with E-state index in [1.54, 1.807) is 6.20 Å². The molecule has 2 aromatic heterocycles. The van der Waals surface area contributed by atoms with E-state index in [2.05, 4.69) is 30.2 Å². The Morgan fingerprint density at radius 3 is 2.94 bits per heavy atom. The molecule has 4 nitrogen and oxygen atoms in total. The summed E-state index contributed by atoms with van der Waals surface area (Å²) in [6.45, 7) is 9.03. The molecular formula is C14H21N3O. The van der Waals surface area contributed by atoms with Crippen molar-refractivity contribution in [1.82, 2.24) is 14.9 Å². The van der Waals surface area contributed by atoms with Gasteiger partial charge in [-0.05, 0) is 25.5 Å². The van der Waals surface area contributed by atoms with Crippen LogP contribution in [0.4, 0.5) is 0 Å². The molecule has 0 saturated heterocycles. The molecule has 0 bridgehead atoms. The molecule has 98 valence electrons. The maximum atomic E-state index is 5.75. The van der Waals surface area contributed by atoms with Crippen LogP contribution in [-0.2, 0) is 13.1 Å². The van der Waals surface area contributed by atoms with E-state index in [0.29, 0.717) is 5.92 Å². The lowest BCUT2D eigenvalue weighted by Crippen LogP contribution is -2.18. The number of nitrogens with one attached hydrogen (secondary N) is 1. The molecule has 4 heteroatoms. The van der Waals surface area contributed by atoms with Crippen LogP contribution in [0.1, 0.15) is 30.9 Å². The lowest BCUT2D eigenvalue weighted by Gasteiger charge is -2.04. The number of hydrogen-bond acceptors (Lipinski definition) is 3. The molecule has 0 aliphatic rings. The molecule has 18 heavy (non-hydrogen) atoms. The van der Waals surface area contributed by atoms with Gasteiger partial charge in [-0.3, -0.25) is 0 Å². The van der Waals surface area contributed by atoms with Crippen LogP contribution in [0.5, 0.6) is 0 Å².